The lowest BCUT2D eigenvalue weighted by molar-refractivity contribution is -0.385. The number of nitrogens with zero attached hydrogens (tertiary/aromatic N) is 2. The maximum atomic E-state index is 11.7. The lowest BCUT2D eigenvalue weighted by atomic mass is 10.2. The van der Waals surface area contributed by atoms with Crippen molar-refractivity contribution in [2.45, 2.75) is 13.0 Å². The summed E-state index contributed by atoms with van der Waals surface area (Å²) in [5, 5.41) is 10.5. The first-order valence-electron chi connectivity index (χ1n) is 5.39. The van der Waals surface area contributed by atoms with Crippen LogP contribution in [0, 0.1) is 10.1 Å². The fraction of sp³-hybridized carbons (Fsp3) is 0.273. The third kappa shape index (κ3) is 2.95. The number of nitro benzene ring substituents is 1. The van der Waals surface area contributed by atoms with Crippen LogP contribution in [0.4, 0.5) is 10.5 Å². The summed E-state index contributed by atoms with van der Waals surface area (Å²) >= 11 is 4.23. The Morgan fingerprint density at radius 3 is 2.79 bits per heavy atom. The summed E-state index contributed by atoms with van der Waals surface area (Å²) in [4.78, 5) is 34.8. The number of carbonyl (C=O) groups excluding carboxylic acids is 2. The fourth-order valence-corrected chi connectivity index (χ4v) is 3.00. The van der Waals surface area contributed by atoms with E-state index in [0.717, 1.165) is 16.7 Å². The van der Waals surface area contributed by atoms with Crippen LogP contribution in [-0.4, -0.2) is 26.7 Å². The molecule has 6 nitrogen and oxygen atoms in total. The molecule has 1 aliphatic heterocycles. The lowest BCUT2D eigenvalue weighted by Gasteiger charge is -2.24. The van der Waals surface area contributed by atoms with E-state index in [0.29, 0.717) is 22.2 Å². The Morgan fingerprint density at radius 1 is 1.42 bits per heavy atom. The van der Waals surface area contributed by atoms with Crippen LogP contribution in [0.5, 0.6) is 0 Å². The Labute approximate surface area is 121 Å². The number of nitro groups is 1. The van der Waals surface area contributed by atoms with Crippen LogP contribution in [0.2, 0.25) is 0 Å². The van der Waals surface area contributed by atoms with Gasteiger partial charge in [0.2, 0.25) is 5.91 Å². The fourth-order valence-electron chi connectivity index (χ4n) is 1.69. The highest BCUT2D eigenvalue weighted by atomic mass is 79.9. The van der Waals surface area contributed by atoms with Crippen molar-refractivity contribution >= 4 is 44.5 Å². The zero-order valence-electron chi connectivity index (χ0n) is 9.67. The molecule has 2 rings (SSSR count). The molecule has 100 valence electrons. The van der Waals surface area contributed by atoms with Crippen LogP contribution in [-0.2, 0) is 11.3 Å². The standard InChI is InChI=1S/C11H9BrN2O4S/c12-10-7(2-1-3-8(10)14(17)18)6-13-9(15)4-5-19-11(13)16/h1-3H,4-6H2. The van der Waals surface area contributed by atoms with Gasteiger partial charge in [-0.1, -0.05) is 23.9 Å². The Hall–Kier alpha value is -1.41. The summed E-state index contributed by atoms with van der Waals surface area (Å²) in [6.45, 7) is 0.0485. The molecule has 1 fully saturated rings. The van der Waals surface area contributed by atoms with E-state index >= 15 is 0 Å². The van der Waals surface area contributed by atoms with Crippen molar-refractivity contribution in [1.82, 2.24) is 4.90 Å². The van der Waals surface area contributed by atoms with Crippen molar-refractivity contribution in [3.63, 3.8) is 0 Å². The van der Waals surface area contributed by atoms with E-state index in [1.165, 1.54) is 12.1 Å². The van der Waals surface area contributed by atoms with E-state index in [9.17, 15) is 19.7 Å². The molecule has 1 heterocycles. The van der Waals surface area contributed by atoms with Crippen molar-refractivity contribution in [3.05, 3.63) is 38.3 Å². The molecule has 19 heavy (non-hydrogen) atoms. The van der Waals surface area contributed by atoms with Gasteiger partial charge in [0.05, 0.1) is 11.5 Å². The second kappa shape index (κ2) is 5.70. The molecule has 0 aromatic heterocycles. The van der Waals surface area contributed by atoms with Crippen LogP contribution in [0.1, 0.15) is 12.0 Å². The first-order chi connectivity index (χ1) is 9.00. The van der Waals surface area contributed by atoms with Crippen LogP contribution >= 0.6 is 27.7 Å². The molecule has 0 N–H and O–H groups in total. The van der Waals surface area contributed by atoms with Gasteiger partial charge in [-0.2, -0.15) is 0 Å². The number of benzene rings is 1. The maximum Gasteiger partial charge on any atom is 0.288 e. The minimum atomic E-state index is -0.512. The van der Waals surface area contributed by atoms with Crippen LogP contribution < -0.4 is 0 Å². The van der Waals surface area contributed by atoms with Gasteiger partial charge in [-0.15, -0.1) is 0 Å². The van der Waals surface area contributed by atoms with Crippen molar-refractivity contribution in [2.75, 3.05) is 5.75 Å². The summed E-state index contributed by atoms with van der Waals surface area (Å²) in [5.74, 6) is 0.242. The van der Waals surface area contributed by atoms with Crippen molar-refractivity contribution in [2.24, 2.45) is 0 Å². The number of thioether (sulfide) groups is 1. The smallest absolute Gasteiger partial charge is 0.274 e. The van der Waals surface area contributed by atoms with E-state index in [4.69, 9.17) is 0 Å². The molecule has 0 spiro atoms. The van der Waals surface area contributed by atoms with E-state index in [1.807, 2.05) is 0 Å². The van der Waals surface area contributed by atoms with Gasteiger partial charge in [0.25, 0.3) is 10.9 Å². The lowest BCUT2D eigenvalue weighted by Crippen LogP contribution is -2.37. The Balaban J connectivity index is 2.28. The molecular formula is C11H9BrN2O4S. The second-order valence-corrected chi connectivity index (χ2v) is 5.69. The normalized spacial score (nSPS) is 15.7. The van der Waals surface area contributed by atoms with Crippen LogP contribution in [0.15, 0.2) is 22.7 Å². The summed E-state index contributed by atoms with van der Waals surface area (Å²) < 4.78 is 0.302. The first-order valence-corrected chi connectivity index (χ1v) is 7.17. The number of hydrogen-bond acceptors (Lipinski definition) is 5. The zero-order chi connectivity index (χ0) is 14.0. The topological polar surface area (TPSA) is 80.5 Å². The van der Waals surface area contributed by atoms with Crippen LogP contribution in [0.3, 0.4) is 0 Å². The predicted octanol–water partition coefficient (Wildman–Crippen LogP) is 2.94. The Kier molecular flexibility index (Phi) is 4.20. The highest BCUT2D eigenvalue weighted by Crippen LogP contribution is 2.30. The third-order valence-corrected chi connectivity index (χ3v) is 4.44. The summed E-state index contributed by atoms with van der Waals surface area (Å²) in [7, 11) is 0. The Morgan fingerprint density at radius 2 is 2.16 bits per heavy atom. The average Bonchev–Trinajstić information content (AvgIpc) is 2.35. The summed E-state index contributed by atoms with van der Waals surface area (Å²) in [6.07, 6.45) is 0.308. The largest absolute Gasteiger partial charge is 0.288 e. The molecule has 0 unspecified atom stereocenters. The highest BCUT2D eigenvalue weighted by molar-refractivity contribution is 9.10. The minimum absolute atomic E-state index is 0.0485. The predicted molar refractivity (Wildman–Crippen MR) is 73.8 cm³/mol. The zero-order valence-corrected chi connectivity index (χ0v) is 12.1. The second-order valence-electron chi connectivity index (χ2n) is 3.85. The monoisotopic (exact) mass is 344 g/mol. The van der Waals surface area contributed by atoms with E-state index in [2.05, 4.69) is 15.9 Å². The van der Waals surface area contributed by atoms with Crippen molar-refractivity contribution in [1.29, 1.82) is 0 Å². The van der Waals surface area contributed by atoms with Gasteiger partial charge in [0.1, 0.15) is 4.47 Å². The quantitative estimate of drug-likeness (QED) is 0.622. The van der Waals surface area contributed by atoms with Gasteiger partial charge >= 0.3 is 0 Å². The van der Waals surface area contributed by atoms with Crippen molar-refractivity contribution < 1.29 is 14.5 Å². The highest BCUT2D eigenvalue weighted by Gasteiger charge is 2.28. The summed E-state index contributed by atoms with van der Waals surface area (Å²) in [6, 6.07) is 4.55. The molecule has 1 aromatic rings. The first kappa shape index (κ1) is 14.0. The number of imide groups is 1. The van der Waals surface area contributed by atoms with Gasteiger partial charge in [-0.25, -0.2) is 0 Å². The molecule has 1 aliphatic rings. The van der Waals surface area contributed by atoms with Gasteiger partial charge in [0, 0.05) is 18.2 Å². The van der Waals surface area contributed by atoms with Crippen LogP contribution in [0.25, 0.3) is 0 Å². The summed E-state index contributed by atoms with van der Waals surface area (Å²) in [5.41, 5.74) is 0.459. The van der Waals surface area contributed by atoms with Gasteiger partial charge in [0.15, 0.2) is 0 Å². The molecule has 8 heteroatoms. The molecule has 0 bridgehead atoms. The molecule has 1 aromatic carbocycles. The van der Waals surface area contributed by atoms with E-state index in [-0.39, 0.29) is 23.4 Å². The SMILES string of the molecule is O=C1CCSC(=O)N1Cc1cccc([N+](=O)[O-])c1Br. The molecule has 0 radical (unpaired) electrons. The van der Waals surface area contributed by atoms with E-state index < -0.39 is 4.92 Å². The average molecular weight is 345 g/mol. The molecule has 0 saturated carbocycles. The molecular weight excluding hydrogens is 336 g/mol. The number of rotatable bonds is 3. The number of hydrogen-bond donors (Lipinski definition) is 0. The van der Waals surface area contributed by atoms with Gasteiger partial charge < -0.3 is 0 Å². The molecule has 2 amide bonds. The number of amides is 2. The van der Waals surface area contributed by atoms with Gasteiger partial charge in [-0.3, -0.25) is 24.6 Å². The van der Waals surface area contributed by atoms with Crippen molar-refractivity contribution in [3.8, 4) is 0 Å². The Bertz CT molecular complexity index is 548. The third-order valence-electron chi connectivity index (χ3n) is 2.65. The maximum absolute atomic E-state index is 11.7. The minimum Gasteiger partial charge on any atom is -0.274 e. The molecule has 1 saturated heterocycles. The van der Waals surface area contributed by atoms with Gasteiger partial charge in [-0.05, 0) is 21.5 Å². The number of halogens is 1. The molecule has 0 aliphatic carbocycles. The number of carbonyl (C=O) groups is 2. The molecule has 0 atom stereocenters. The van der Waals surface area contributed by atoms with E-state index in [1.54, 1.807) is 6.07 Å².